The van der Waals surface area contributed by atoms with Gasteiger partial charge in [0, 0.05) is 9.75 Å². The molecule has 0 bridgehead atoms. The number of hydrogen-bond donors (Lipinski definition) is 3. The van der Waals surface area contributed by atoms with Crippen LogP contribution in [0.5, 0.6) is 0 Å². The van der Waals surface area contributed by atoms with Gasteiger partial charge in [0.05, 0.1) is 36.0 Å². The van der Waals surface area contributed by atoms with Crippen molar-refractivity contribution in [1.29, 1.82) is 0 Å². The number of anilines is 1. The molecule has 3 N–H and O–H groups in total. The molecule has 0 aliphatic carbocycles. The molecular formula is C19H21ClN4O4S. The topological polar surface area (TPSA) is 91.9 Å². The third kappa shape index (κ3) is 4.54. The van der Waals surface area contributed by atoms with Crippen molar-refractivity contribution in [3.05, 3.63) is 50.2 Å². The van der Waals surface area contributed by atoms with Gasteiger partial charge in [0.15, 0.2) is 6.23 Å². The molecule has 154 valence electrons. The Morgan fingerprint density at radius 1 is 1.41 bits per heavy atom. The summed E-state index contributed by atoms with van der Waals surface area (Å²) in [6.07, 6.45) is 1.17. The maximum Gasteiger partial charge on any atom is 0.319 e. The highest BCUT2D eigenvalue weighted by atomic mass is 35.5. The van der Waals surface area contributed by atoms with Crippen LogP contribution in [0.15, 0.2) is 24.3 Å². The maximum atomic E-state index is 12.7. The molecule has 2 aliphatic heterocycles. The van der Waals surface area contributed by atoms with E-state index in [1.165, 1.54) is 11.3 Å². The van der Waals surface area contributed by atoms with Crippen molar-refractivity contribution in [2.45, 2.75) is 39.1 Å². The van der Waals surface area contributed by atoms with E-state index >= 15 is 0 Å². The van der Waals surface area contributed by atoms with Crippen LogP contribution in [-0.2, 0) is 22.8 Å². The van der Waals surface area contributed by atoms with Crippen molar-refractivity contribution in [2.75, 3.05) is 11.9 Å². The lowest BCUT2D eigenvalue weighted by molar-refractivity contribution is -0.207. The van der Waals surface area contributed by atoms with Crippen LogP contribution in [-0.4, -0.2) is 29.7 Å². The van der Waals surface area contributed by atoms with Gasteiger partial charge in [-0.25, -0.2) is 4.79 Å². The summed E-state index contributed by atoms with van der Waals surface area (Å²) in [6, 6.07) is 6.91. The lowest BCUT2D eigenvalue weighted by atomic mass is 10.2. The minimum Gasteiger partial charge on any atom is -0.333 e. The van der Waals surface area contributed by atoms with Crippen LogP contribution in [0, 0.1) is 6.92 Å². The standard InChI is InChI=1S/C19H21ClN4O4S/c1-11-4-5-15(14(20)7-11)22-19(26)21-9-12-8-13-16(29-12)10-24(18(13)25)17-3-2-6-27-23-28-17/h4-5,7-8,17,23H,2-3,6,9-10H2,1H3,(H2,21,22,26)/t17-/m0/s1. The van der Waals surface area contributed by atoms with Crippen LogP contribution < -0.4 is 16.3 Å². The molecule has 2 aliphatic rings. The molecule has 0 unspecified atom stereocenters. The Labute approximate surface area is 177 Å². The number of hydrogen-bond acceptors (Lipinski definition) is 6. The zero-order valence-corrected chi connectivity index (χ0v) is 17.4. The molecular weight excluding hydrogens is 416 g/mol. The van der Waals surface area contributed by atoms with E-state index in [1.807, 2.05) is 19.1 Å². The molecule has 10 heteroatoms. The number of nitrogens with one attached hydrogen (secondary N) is 3. The quantitative estimate of drug-likeness (QED) is 0.681. The molecule has 1 atom stereocenters. The lowest BCUT2D eigenvalue weighted by Gasteiger charge is -2.25. The number of thiophene rings is 1. The van der Waals surface area contributed by atoms with E-state index in [0.717, 1.165) is 21.7 Å². The van der Waals surface area contributed by atoms with Crippen LogP contribution in [0.4, 0.5) is 10.5 Å². The van der Waals surface area contributed by atoms with Crippen molar-refractivity contribution in [3.8, 4) is 0 Å². The van der Waals surface area contributed by atoms with E-state index in [1.54, 1.807) is 17.0 Å². The van der Waals surface area contributed by atoms with Crippen LogP contribution in [0.1, 0.15) is 38.5 Å². The third-order valence-corrected chi connectivity index (χ3v) is 6.18. The number of carbonyl (C=O) groups is 2. The predicted molar refractivity (Wildman–Crippen MR) is 109 cm³/mol. The second-order valence-electron chi connectivity index (χ2n) is 6.92. The number of aryl methyl sites for hydroxylation is 1. The van der Waals surface area contributed by atoms with Gasteiger partial charge in [-0.3, -0.25) is 14.5 Å². The number of rotatable bonds is 4. The molecule has 3 amide bonds. The molecule has 0 radical (unpaired) electrons. The summed E-state index contributed by atoms with van der Waals surface area (Å²) in [5, 5.41) is 6.02. The Morgan fingerprint density at radius 2 is 2.28 bits per heavy atom. The number of amides is 3. The fourth-order valence-corrected chi connectivity index (χ4v) is 4.66. The fourth-order valence-electron chi connectivity index (χ4n) is 3.28. The molecule has 1 aromatic carbocycles. The second kappa shape index (κ2) is 8.68. The van der Waals surface area contributed by atoms with Gasteiger partial charge in [0.2, 0.25) is 0 Å². The molecule has 1 aromatic heterocycles. The Kier molecular flexibility index (Phi) is 6.02. The second-order valence-corrected chi connectivity index (χ2v) is 8.55. The fraction of sp³-hybridized carbons (Fsp3) is 0.368. The summed E-state index contributed by atoms with van der Waals surface area (Å²) in [7, 11) is 0. The average Bonchev–Trinajstić information content (AvgIpc) is 3.09. The number of halogens is 1. The van der Waals surface area contributed by atoms with E-state index in [-0.39, 0.29) is 18.2 Å². The highest BCUT2D eigenvalue weighted by molar-refractivity contribution is 7.12. The molecule has 2 aromatic rings. The first kappa shape index (κ1) is 20.1. The predicted octanol–water partition coefficient (Wildman–Crippen LogP) is 3.56. The third-order valence-electron chi connectivity index (χ3n) is 4.75. The Hall–Kier alpha value is -2.17. The zero-order chi connectivity index (χ0) is 20.4. The van der Waals surface area contributed by atoms with Gasteiger partial charge in [-0.15, -0.1) is 11.3 Å². The highest BCUT2D eigenvalue weighted by Crippen LogP contribution is 2.33. The summed E-state index contributed by atoms with van der Waals surface area (Å²) in [5.41, 5.74) is 4.67. The minimum atomic E-state index is -0.352. The van der Waals surface area contributed by atoms with Gasteiger partial charge in [0.25, 0.3) is 5.91 Å². The van der Waals surface area contributed by atoms with E-state index in [4.69, 9.17) is 21.3 Å². The van der Waals surface area contributed by atoms with E-state index in [0.29, 0.717) is 42.4 Å². The first-order valence-corrected chi connectivity index (χ1v) is 10.5. The first-order chi connectivity index (χ1) is 14.0. The molecule has 3 heterocycles. The Bertz CT molecular complexity index is 927. The van der Waals surface area contributed by atoms with E-state index in [2.05, 4.69) is 16.3 Å². The SMILES string of the molecule is Cc1ccc(NC(=O)NCc2cc3c(s2)CN([C@@H]2CCCONO2)C3=O)c(Cl)c1. The summed E-state index contributed by atoms with van der Waals surface area (Å²) >= 11 is 7.65. The molecule has 4 rings (SSSR count). The van der Waals surface area contributed by atoms with Gasteiger partial charge >= 0.3 is 6.03 Å². The smallest absolute Gasteiger partial charge is 0.319 e. The molecule has 0 saturated carbocycles. The van der Waals surface area contributed by atoms with Crippen molar-refractivity contribution < 1.29 is 19.3 Å². The number of nitrogens with zero attached hydrogens (tertiary/aromatic N) is 1. The van der Waals surface area contributed by atoms with Crippen LogP contribution >= 0.6 is 22.9 Å². The van der Waals surface area contributed by atoms with Crippen molar-refractivity contribution in [2.24, 2.45) is 0 Å². The summed E-state index contributed by atoms with van der Waals surface area (Å²) < 4.78 is 0. The number of urea groups is 1. The average molecular weight is 437 g/mol. The zero-order valence-electron chi connectivity index (χ0n) is 15.8. The summed E-state index contributed by atoms with van der Waals surface area (Å²) in [4.78, 5) is 38.9. The van der Waals surface area contributed by atoms with E-state index in [9.17, 15) is 9.59 Å². The van der Waals surface area contributed by atoms with Crippen molar-refractivity contribution in [1.82, 2.24) is 15.9 Å². The Morgan fingerprint density at radius 3 is 3.07 bits per heavy atom. The van der Waals surface area contributed by atoms with Crippen molar-refractivity contribution in [3.63, 3.8) is 0 Å². The van der Waals surface area contributed by atoms with Crippen LogP contribution in [0.2, 0.25) is 5.02 Å². The van der Waals surface area contributed by atoms with Crippen LogP contribution in [0.3, 0.4) is 0 Å². The monoisotopic (exact) mass is 436 g/mol. The van der Waals surface area contributed by atoms with Gasteiger partial charge in [-0.1, -0.05) is 23.3 Å². The van der Waals surface area contributed by atoms with Crippen molar-refractivity contribution >= 4 is 40.6 Å². The minimum absolute atomic E-state index is 0.0629. The number of carbonyl (C=O) groups excluding carboxylic acids is 2. The van der Waals surface area contributed by atoms with Crippen LogP contribution in [0.25, 0.3) is 0 Å². The first-order valence-electron chi connectivity index (χ1n) is 9.27. The normalized spacial score (nSPS) is 19.0. The maximum absolute atomic E-state index is 12.7. The van der Waals surface area contributed by atoms with Gasteiger partial charge in [-0.2, -0.15) is 0 Å². The molecule has 1 saturated heterocycles. The Balaban J connectivity index is 1.33. The highest BCUT2D eigenvalue weighted by Gasteiger charge is 2.35. The van der Waals surface area contributed by atoms with Gasteiger partial charge in [0.1, 0.15) is 0 Å². The van der Waals surface area contributed by atoms with E-state index < -0.39 is 0 Å². The summed E-state index contributed by atoms with van der Waals surface area (Å²) in [6.45, 7) is 3.30. The van der Waals surface area contributed by atoms with Gasteiger partial charge in [-0.05, 0) is 43.5 Å². The molecule has 1 fully saturated rings. The number of fused-ring (bicyclic) bond motifs is 1. The molecule has 8 nitrogen and oxygen atoms in total. The lowest BCUT2D eigenvalue weighted by Crippen LogP contribution is -2.39. The largest absolute Gasteiger partial charge is 0.333 e. The molecule has 29 heavy (non-hydrogen) atoms. The molecule has 0 spiro atoms. The number of benzene rings is 1. The van der Waals surface area contributed by atoms with Gasteiger partial charge < -0.3 is 15.5 Å². The summed E-state index contributed by atoms with van der Waals surface area (Å²) in [5.74, 6) is -0.0629.